The second kappa shape index (κ2) is 6.41. The molecule has 2 heterocycles. The summed E-state index contributed by atoms with van der Waals surface area (Å²) >= 11 is 0. The predicted molar refractivity (Wildman–Crippen MR) is 110 cm³/mol. The maximum absolute atomic E-state index is 9.82. The lowest BCUT2D eigenvalue weighted by molar-refractivity contribution is 0.590. The SMILES string of the molecule is C=Cc1c(-c2c(C=C)n([B]O)c3ccccc23)c2ccccc2n1[B]O. The van der Waals surface area contributed by atoms with Gasteiger partial charge in [-0.15, -0.1) is 0 Å². The van der Waals surface area contributed by atoms with Crippen LogP contribution in [0.1, 0.15) is 11.4 Å². The monoisotopic (exact) mass is 338 g/mol. The molecule has 2 aromatic heterocycles. The highest BCUT2D eigenvalue weighted by Gasteiger charge is 2.23. The number of hydrogen-bond acceptors (Lipinski definition) is 2. The smallest absolute Gasteiger partial charge is 0.435 e. The van der Waals surface area contributed by atoms with Gasteiger partial charge in [-0.3, -0.25) is 0 Å². The Balaban J connectivity index is 2.25. The molecule has 26 heavy (non-hydrogen) atoms. The molecular weight excluding hydrogens is 322 g/mol. The average Bonchev–Trinajstić information content (AvgIpc) is 3.18. The minimum atomic E-state index is 0.776. The summed E-state index contributed by atoms with van der Waals surface area (Å²) in [5.41, 5.74) is 5.18. The van der Waals surface area contributed by atoms with E-state index < -0.39 is 0 Å². The summed E-state index contributed by atoms with van der Waals surface area (Å²) in [6.07, 6.45) is 3.45. The highest BCUT2D eigenvalue weighted by Crippen LogP contribution is 2.42. The van der Waals surface area contributed by atoms with Crippen LogP contribution in [0.4, 0.5) is 0 Å². The molecule has 0 aliphatic rings. The molecule has 0 aliphatic carbocycles. The summed E-state index contributed by atoms with van der Waals surface area (Å²) in [5.74, 6) is 0. The van der Waals surface area contributed by atoms with Crippen molar-refractivity contribution >= 4 is 49.2 Å². The second-order valence-electron chi connectivity index (χ2n) is 5.93. The van der Waals surface area contributed by atoms with E-state index in [4.69, 9.17) is 0 Å². The molecule has 0 fully saturated rings. The van der Waals surface area contributed by atoms with Crippen molar-refractivity contribution in [2.45, 2.75) is 0 Å². The third kappa shape index (κ3) is 2.13. The molecule has 6 heteroatoms. The first-order valence-electron chi connectivity index (χ1n) is 8.23. The van der Waals surface area contributed by atoms with Gasteiger partial charge >= 0.3 is 15.2 Å². The summed E-state index contributed by atoms with van der Waals surface area (Å²) in [5, 5.41) is 21.6. The first-order chi connectivity index (χ1) is 12.8. The van der Waals surface area contributed by atoms with Crippen LogP contribution in [0.3, 0.4) is 0 Å². The summed E-state index contributed by atoms with van der Waals surface area (Å²) in [6.45, 7) is 7.88. The van der Waals surface area contributed by atoms with E-state index in [2.05, 4.69) is 13.2 Å². The van der Waals surface area contributed by atoms with Gasteiger partial charge in [-0.05, 0) is 24.3 Å². The lowest BCUT2D eigenvalue weighted by Crippen LogP contribution is -2.07. The van der Waals surface area contributed by atoms with Crippen LogP contribution in [0.2, 0.25) is 0 Å². The lowest BCUT2D eigenvalue weighted by atomic mass is 9.98. The van der Waals surface area contributed by atoms with Crippen LogP contribution >= 0.6 is 0 Å². The molecule has 2 radical (unpaired) electrons. The largest absolute Gasteiger partial charge is 0.441 e. The Morgan fingerprint density at radius 3 is 1.42 bits per heavy atom. The predicted octanol–water partition coefficient (Wildman–Crippen LogP) is 3.30. The van der Waals surface area contributed by atoms with Gasteiger partial charge in [0, 0.05) is 44.3 Å². The summed E-state index contributed by atoms with van der Waals surface area (Å²) in [6, 6.07) is 15.7. The third-order valence-corrected chi connectivity index (χ3v) is 4.76. The highest BCUT2D eigenvalue weighted by molar-refractivity contribution is 6.31. The molecule has 4 nitrogen and oxygen atoms in total. The topological polar surface area (TPSA) is 50.3 Å². The Hall–Kier alpha value is -2.95. The number of para-hydroxylation sites is 2. The van der Waals surface area contributed by atoms with E-state index in [1.165, 1.54) is 0 Å². The molecule has 4 aromatic rings. The van der Waals surface area contributed by atoms with Crippen LogP contribution in [0.25, 0.3) is 45.1 Å². The van der Waals surface area contributed by atoms with Gasteiger partial charge in [0.15, 0.2) is 0 Å². The van der Waals surface area contributed by atoms with Crippen molar-refractivity contribution in [2.75, 3.05) is 0 Å². The van der Waals surface area contributed by atoms with Gasteiger partial charge in [-0.25, -0.2) is 0 Å². The van der Waals surface area contributed by atoms with Crippen molar-refractivity contribution in [1.82, 2.24) is 8.96 Å². The van der Waals surface area contributed by atoms with E-state index in [-0.39, 0.29) is 0 Å². The van der Waals surface area contributed by atoms with Crippen molar-refractivity contribution < 1.29 is 10.0 Å². The van der Waals surface area contributed by atoms with E-state index in [1.54, 1.807) is 21.1 Å². The van der Waals surface area contributed by atoms with Crippen LogP contribution in [0.15, 0.2) is 61.7 Å². The van der Waals surface area contributed by atoms with Crippen LogP contribution in [0, 0.1) is 0 Å². The van der Waals surface area contributed by atoms with Crippen LogP contribution in [-0.2, 0) is 0 Å². The van der Waals surface area contributed by atoms with E-state index >= 15 is 0 Å². The lowest BCUT2D eigenvalue weighted by Gasteiger charge is -2.07. The molecule has 0 spiro atoms. The van der Waals surface area contributed by atoms with Crippen LogP contribution in [0.5, 0.6) is 0 Å². The fourth-order valence-corrected chi connectivity index (χ4v) is 3.74. The van der Waals surface area contributed by atoms with Crippen LogP contribution in [-0.4, -0.2) is 34.2 Å². The molecule has 2 N–H and O–H groups in total. The van der Waals surface area contributed by atoms with Gasteiger partial charge < -0.3 is 19.0 Å². The van der Waals surface area contributed by atoms with Crippen molar-refractivity contribution in [3.05, 3.63) is 73.1 Å². The van der Waals surface area contributed by atoms with Crippen molar-refractivity contribution in [3.63, 3.8) is 0 Å². The normalized spacial score (nSPS) is 11.0. The molecule has 0 atom stereocenters. The summed E-state index contributed by atoms with van der Waals surface area (Å²) in [7, 11) is 2.10. The van der Waals surface area contributed by atoms with Gasteiger partial charge in [0.2, 0.25) is 0 Å². The van der Waals surface area contributed by atoms with Gasteiger partial charge in [0.05, 0.1) is 0 Å². The first kappa shape index (κ1) is 16.5. The van der Waals surface area contributed by atoms with E-state index in [0.29, 0.717) is 0 Å². The minimum absolute atomic E-state index is 0.776. The molecule has 4 rings (SSSR count). The van der Waals surface area contributed by atoms with E-state index in [9.17, 15) is 10.0 Å². The van der Waals surface area contributed by atoms with Crippen molar-refractivity contribution in [2.24, 2.45) is 0 Å². The molecule has 2 aromatic carbocycles. The standard InChI is InChI=1S/C20H16B2N2O2/c1-3-15-19(13-9-5-7-11-17(13)23(15)21-25)20-14-10-6-8-12-18(14)24(22-26)16(20)4-2/h3-12,25-26H,1-2H2. The fourth-order valence-electron chi connectivity index (χ4n) is 3.74. The van der Waals surface area contributed by atoms with E-state index in [0.717, 1.165) is 59.6 Å². The molecule has 0 saturated carbocycles. The summed E-state index contributed by atoms with van der Waals surface area (Å²) in [4.78, 5) is 0. The Morgan fingerprint density at radius 1 is 0.692 bits per heavy atom. The molecule has 0 amide bonds. The Bertz CT molecular complexity index is 1070. The minimum Gasteiger partial charge on any atom is -0.435 e. The molecule has 0 aliphatic heterocycles. The highest BCUT2D eigenvalue weighted by atomic mass is 16.2. The van der Waals surface area contributed by atoms with Crippen LogP contribution < -0.4 is 0 Å². The number of hydrogen-bond donors (Lipinski definition) is 2. The van der Waals surface area contributed by atoms with Gasteiger partial charge in [-0.1, -0.05) is 49.6 Å². The molecule has 124 valence electrons. The number of benzene rings is 2. The molecular formula is C20H16B2N2O2. The zero-order valence-electron chi connectivity index (χ0n) is 14.1. The van der Waals surface area contributed by atoms with Gasteiger partial charge in [0.25, 0.3) is 0 Å². The summed E-state index contributed by atoms with van der Waals surface area (Å²) < 4.78 is 3.42. The number of rotatable bonds is 5. The molecule has 0 bridgehead atoms. The Kier molecular flexibility index (Phi) is 4.07. The Labute approximate surface area is 152 Å². The molecule has 0 unspecified atom stereocenters. The quantitative estimate of drug-likeness (QED) is 0.549. The molecule has 0 saturated heterocycles. The van der Waals surface area contributed by atoms with Crippen molar-refractivity contribution in [3.8, 4) is 11.1 Å². The fraction of sp³-hybridized carbons (Fsp3) is 0. The second-order valence-corrected chi connectivity index (χ2v) is 5.93. The van der Waals surface area contributed by atoms with E-state index in [1.807, 2.05) is 48.5 Å². The number of fused-ring (bicyclic) bond motifs is 2. The average molecular weight is 338 g/mol. The zero-order valence-corrected chi connectivity index (χ0v) is 14.1. The van der Waals surface area contributed by atoms with Gasteiger partial charge in [0.1, 0.15) is 0 Å². The zero-order chi connectivity index (χ0) is 18.3. The first-order valence-corrected chi connectivity index (χ1v) is 8.23. The maximum Gasteiger partial charge on any atom is 0.441 e. The Morgan fingerprint density at radius 2 is 1.08 bits per heavy atom. The number of nitrogens with zero attached hydrogens (tertiary/aromatic N) is 2. The third-order valence-electron chi connectivity index (χ3n) is 4.76. The number of aromatic nitrogens is 2. The maximum atomic E-state index is 9.82. The van der Waals surface area contributed by atoms with Crippen molar-refractivity contribution in [1.29, 1.82) is 0 Å². The van der Waals surface area contributed by atoms with Gasteiger partial charge in [-0.2, -0.15) is 0 Å².